The highest BCUT2D eigenvalue weighted by atomic mass is 32.2. The molecule has 40 heavy (non-hydrogen) atoms. The fourth-order valence-corrected chi connectivity index (χ4v) is 6.61. The molecule has 5 heteroatoms. The molecule has 0 spiro atoms. The van der Waals surface area contributed by atoms with Crippen molar-refractivity contribution in [2.24, 2.45) is 0 Å². The van der Waals surface area contributed by atoms with Gasteiger partial charge in [0, 0.05) is 30.2 Å². The van der Waals surface area contributed by atoms with Crippen LogP contribution in [0.2, 0.25) is 0 Å². The van der Waals surface area contributed by atoms with E-state index in [2.05, 4.69) is 97.1 Å². The monoisotopic (exact) mass is 553 g/mol. The van der Waals surface area contributed by atoms with Crippen LogP contribution in [0.15, 0.2) is 102 Å². The molecule has 1 aliphatic rings. The summed E-state index contributed by atoms with van der Waals surface area (Å²) in [5.74, 6) is 1.22. The summed E-state index contributed by atoms with van der Waals surface area (Å²) in [6.45, 7) is 6.29. The molecule has 0 N–H and O–H groups in total. The summed E-state index contributed by atoms with van der Waals surface area (Å²) in [6.07, 6.45) is 1.09. The van der Waals surface area contributed by atoms with Gasteiger partial charge < -0.3 is 9.47 Å². The second-order valence-electron chi connectivity index (χ2n) is 11.5. The number of ether oxygens (including phenoxy) is 2. The number of carbonyl (C=O) groups is 1. The second-order valence-corrected chi connectivity index (χ2v) is 12.6. The highest BCUT2D eigenvalue weighted by Gasteiger charge is 2.43. The Morgan fingerprint density at radius 2 is 1.55 bits per heavy atom. The largest absolute Gasteiger partial charge is 0.444 e. The number of fused-ring (bicyclic) bond motifs is 1. The topological polar surface area (TPSA) is 38.8 Å². The van der Waals surface area contributed by atoms with Crippen LogP contribution < -0.4 is 0 Å². The van der Waals surface area contributed by atoms with E-state index < -0.39 is 11.8 Å². The Hall–Kier alpha value is -3.28. The third kappa shape index (κ3) is 6.71. The van der Waals surface area contributed by atoms with Crippen molar-refractivity contribution in [2.75, 3.05) is 19.4 Å². The zero-order valence-electron chi connectivity index (χ0n) is 23.9. The number of piperidine rings is 1. The number of nitrogens with zero attached hydrogens (tertiary/aromatic N) is 1. The van der Waals surface area contributed by atoms with Gasteiger partial charge in [-0.05, 0) is 79.1 Å². The molecule has 1 amide bonds. The molecule has 4 aromatic rings. The minimum atomic E-state index is -0.570. The van der Waals surface area contributed by atoms with E-state index in [1.807, 2.05) is 32.5 Å². The molecular weight excluding hydrogens is 514 g/mol. The van der Waals surface area contributed by atoms with Crippen LogP contribution in [0.4, 0.5) is 4.79 Å². The van der Waals surface area contributed by atoms with E-state index in [4.69, 9.17) is 9.47 Å². The Balaban J connectivity index is 1.41. The molecule has 4 aromatic carbocycles. The number of benzene rings is 4. The first-order valence-corrected chi connectivity index (χ1v) is 15.1. The number of amides is 1. The molecule has 0 aromatic heterocycles. The molecule has 1 saturated heterocycles. The normalized spacial score (nSPS) is 19.5. The molecule has 5 rings (SSSR count). The van der Waals surface area contributed by atoms with Crippen LogP contribution in [-0.2, 0) is 15.9 Å². The molecule has 4 nitrogen and oxygen atoms in total. The first kappa shape index (κ1) is 28.3. The molecule has 3 unspecified atom stereocenters. The van der Waals surface area contributed by atoms with Crippen molar-refractivity contribution in [3.8, 4) is 0 Å². The lowest BCUT2D eigenvalue weighted by molar-refractivity contribution is -0.0810. The average Bonchev–Trinajstić information content (AvgIpc) is 2.96. The molecular formula is C35H39NO3S. The fourth-order valence-electron chi connectivity index (χ4n) is 5.69. The zero-order chi connectivity index (χ0) is 28.1. The fraction of sp³-hybridized carbons (Fsp3) is 0.343. The number of thioether (sulfide) groups is 1. The second kappa shape index (κ2) is 12.5. The van der Waals surface area contributed by atoms with Gasteiger partial charge in [0.05, 0.1) is 0 Å². The van der Waals surface area contributed by atoms with Crippen LogP contribution in [0, 0.1) is 0 Å². The van der Waals surface area contributed by atoms with E-state index in [1.165, 1.54) is 32.4 Å². The minimum Gasteiger partial charge on any atom is -0.444 e. The van der Waals surface area contributed by atoms with E-state index >= 15 is 0 Å². The van der Waals surface area contributed by atoms with Crippen LogP contribution in [0.5, 0.6) is 0 Å². The SMILES string of the molecule is COC1C(c2ccc3ccccc3c2)C(c2ccc(CCSc3ccccc3)cc2)CCN1C(=O)OC(C)(C)C. The maximum absolute atomic E-state index is 13.3. The van der Waals surface area contributed by atoms with Crippen LogP contribution >= 0.6 is 11.8 Å². The number of hydrogen-bond acceptors (Lipinski definition) is 4. The summed E-state index contributed by atoms with van der Waals surface area (Å²) in [6, 6.07) is 34.7. The van der Waals surface area contributed by atoms with Gasteiger partial charge in [-0.3, -0.25) is 4.90 Å². The molecule has 3 atom stereocenters. The van der Waals surface area contributed by atoms with Crippen molar-refractivity contribution in [2.45, 2.75) is 62.2 Å². The van der Waals surface area contributed by atoms with Gasteiger partial charge in [0.25, 0.3) is 0 Å². The maximum Gasteiger partial charge on any atom is 0.412 e. The Kier molecular flexibility index (Phi) is 8.82. The minimum absolute atomic E-state index is 0.0321. The van der Waals surface area contributed by atoms with Crippen molar-refractivity contribution in [1.29, 1.82) is 0 Å². The summed E-state index contributed by atoms with van der Waals surface area (Å²) in [5.41, 5.74) is 3.22. The molecule has 0 bridgehead atoms. The molecule has 0 saturated carbocycles. The molecule has 0 radical (unpaired) electrons. The number of rotatable bonds is 7. The van der Waals surface area contributed by atoms with Gasteiger partial charge in [-0.1, -0.05) is 84.9 Å². The number of carbonyl (C=O) groups excluding carboxylic acids is 1. The van der Waals surface area contributed by atoms with E-state index in [-0.39, 0.29) is 17.9 Å². The van der Waals surface area contributed by atoms with Gasteiger partial charge in [0.2, 0.25) is 0 Å². The smallest absolute Gasteiger partial charge is 0.412 e. The van der Waals surface area contributed by atoms with E-state index in [1.54, 1.807) is 12.0 Å². The van der Waals surface area contributed by atoms with Crippen molar-refractivity contribution in [3.63, 3.8) is 0 Å². The summed E-state index contributed by atoms with van der Waals surface area (Å²) in [7, 11) is 1.70. The van der Waals surface area contributed by atoms with Gasteiger partial charge in [-0.25, -0.2) is 4.79 Å². The molecule has 208 valence electrons. The molecule has 1 aliphatic heterocycles. The predicted octanol–water partition coefficient (Wildman–Crippen LogP) is 8.66. The molecule has 0 aliphatic carbocycles. The Bertz CT molecular complexity index is 1410. The third-order valence-electron chi connectivity index (χ3n) is 7.57. The number of hydrogen-bond donors (Lipinski definition) is 0. The first-order valence-electron chi connectivity index (χ1n) is 14.1. The third-order valence-corrected chi connectivity index (χ3v) is 8.58. The quantitative estimate of drug-likeness (QED) is 0.215. The number of aryl methyl sites for hydroxylation is 1. The van der Waals surface area contributed by atoms with Crippen molar-refractivity contribution < 1.29 is 14.3 Å². The van der Waals surface area contributed by atoms with E-state index in [0.29, 0.717) is 6.54 Å². The highest BCUT2D eigenvalue weighted by Crippen LogP contribution is 2.45. The first-order chi connectivity index (χ1) is 19.3. The average molecular weight is 554 g/mol. The van der Waals surface area contributed by atoms with Crippen LogP contribution in [0.3, 0.4) is 0 Å². The lowest BCUT2D eigenvalue weighted by atomic mass is 9.75. The van der Waals surface area contributed by atoms with Gasteiger partial charge >= 0.3 is 6.09 Å². The number of likely N-dealkylation sites (tertiary alicyclic amines) is 1. The predicted molar refractivity (Wildman–Crippen MR) is 165 cm³/mol. The lowest BCUT2D eigenvalue weighted by Crippen LogP contribution is -2.52. The Labute approximate surface area is 242 Å². The van der Waals surface area contributed by atoms with Crippen molar-refractivity contribution >= 4 is 28.6 Å². The van der Waals surface area contributed by atoms with Crippen molar-refractivity contribution in [1.82, 2.24) is 4.90 Å². The summed E-state index contributed by atoms with van der Waals surface area (Å²) >= 11 is 1.89. The van der Waals surface area contributed by atoms with Gasteiger partial charge in [0.1, 0.15) is 11.8 Å². The van der Waals surface area contributed by atoms with Crippen LogP contribution in [-0.4, -0.2) is 42.2 Å². The summed E-state index contributed by atoms with van der Waals surface area (Å²) in [5, 5.41) is 2.39. The van der Waals surface area contributed by atoms with Crippen LogP contribution in [0.25, 0.3) is 10.8 Å². The van der Waals surface area contributed by atoms with Gasteiger partial charge in [0.15, 0.2) is 0 Å². The summed E-state index contributed by atoms with van der Waals surface area (Å²) < 4.78 is 11.9. The number of methoxy groups -OCH3 is 1. The Morgan fingerprint density at radius 1 is 0.875 bits per heavy atom. The van der Waals surface area contributed by atoms with Crippen LogP contribution in [0.1, 0.15) is 55.7 Å². The van der Waals surface area contributed by atoms with Gasteiger partial charge in [-0.15, -0.1) is 11.8 Å². The molecule has 1 fully saturated rings. The zero-order valence-corrected chi connectivity index (χ0v) is 24.7. The lowest BCUT2D eigenvalue weighted by Gasteiger charge is -2.45. The maximum atomic E-state index is 13.3. The standard InChI is InChI=1S/C35H39NO3S/c1-35(2,3)39-34(37)36-22-20-31(27-16-14-25(15-17-27)21-23-40-30-12-6-5-7-13-30)32(33(36)38-4)29-19-18-26-10-8-9-11-28(26)24-29/h5-19,24,31-33H,20-23H2,1-4H3. The van der Waals surface area contributed by atoms with E-state index in [9.17, 15) is 4.79 Å². The van der Waals surface area contributed by atoms with Gasteiger partial charge in [-0.2, -0.15) is 0 Å². The van der Waals surface area contributed by atoms with E-state index in [0.717, 1.165) is 18.6 Å². The summed E-state index contributed by atoms with van der Waals surface area (Å²) in [4.78, 5) is 16.4. The molecule has 1 heterocycles. The van der Waals surface area contributed by atoms with Crippen molar-refractivity contribution in [3.05, 3.63) is 114 Å². The highest BCUT2D eigenvalue weighted by molar-refractivity contribution is 7.99. The Morgan fingerprint density at radius 3 is 2.25 bits per heavy atom.